The molecule has 0 bridgehead atoms. The van der Waals surface area contributed by atoms with Crippen LogP contribution in [0.5, 0.6) is 0 Å². The number of carbonyl (C=O) groups is 3. The summed E-state index contributed by atoms with van der Waals surface area (Å²) in [5.74, 6) is -0.808. The third kappa shape index (κ3) is 2.32. The second kappa shape index (κ2) is 4.49. The van der Waals surface area contributed by atoms with Gasteiger partial charge in [-0.25, -0.2) is 14.4 Å². The van der Waals surface area contributed by atoms with Crippen molar-refractivity contribution in [3.8, 4) is 0 Å². The predicted octanol–water partition coefficient (Wildman–Crippen LogP) is -0.0872. The highest BCUT2D eigenvalue weighted by Gasteiger charge is 2.30. The van der Waals surface area contributed by atoms with Crippen LogP contribution in [0.2, 0.25) is 0 Å². The zero-order valence-electron chi connectivity index (χ0n) is 8.47. The first-order chi connectivity index (χ1) is 8.18. The van der Waals surface area contributed by atoms with Gasteiger partial charge in [0.2, 0.25) is 0 Å². The molecule has 8 nitrogen and oxygen atoms in total. The van der Waals surface area contributed by atoms with Crippen LogP contribution in [0, 0.1) is 0 Å². The Morgan fingerprint density at radius 1 is 1.06 bits per heavy atom. The van der Waals surface area contributed by atoms with Gasteiger partial charge in [-0.05, 0) is 12.1 Å². The van der Waals surface area contributed by atoms with E-state index in [1.54, 1.807) is 18.2 Å². The van der Waals surface area contributed by atoms with Gasteiger partial charge in [0, 0.05) is 0 Å². The lowest BCUT2D eigenvalue weighted by atomic mass is 10.2. The summed E-state index contributed by atoms with van der Waals surface area (Å²) in [5.41, 5.74) is 6.42. The molecule has 1 aliphatic rings. The van der Waals surface area contributed by atoms with Gasteiger partial charge in [0.15, 0.2) is 0 Å². The van der Waals surface area contributed by atoms with E-state index in [1.165, 1.54) is 12.1 Å². The second-order valence-corrected chi connectivity index (χ2v) is 3.02. The molecule has 0 aliphatic carbocycles. The average Bonchev–Trinajstić information content (AvgIpc) is 2.35. The number of nitrogens with zero attached hydrogens (tertiary/aromatic N) is 1. The van der Waals surface area contributed by atoms with Crippen LogP contribution in [0.1, 0.15) is 10.4 Å². The fourth-order valence-corrected chi connectivity index (χ4v) is 1.12. The van der Waals surface area contributed by atoms with Gasteiger partial charge in [-0.2, -0.15) is 0 Å². The summed E-state index contributed by atoms with van der Waals surface area (Å²) in [6.07, 6.45) is 0. The van der Waals surface area contributed by atoms with E-state index in [-0.39, 0.29) is 10.6 Å². The summed E-state index contributed by atoms with van der Waals surface area (Å²) in [6, 6.07) is 6.21. The molecular weight excluding hydrogens is 228 g/mol. The summed E-state index contributed by atoms with van der Waals surface area (Å²) >= 11 is 0. The molecule has 3 N–H and O–H groups in total. The van der Waals surface area contributed by atoms with E-state index in [9.17, 15) is 14.4 Å². The molecule has 0 aromatic heterocycles. The monoisotopic (exact) mass is 236 g/mol. The van der Waals surface area contributed by atoms with Crippen LogP contribution in [0.15, 0.2) is 30.3 Å². The highest BCUT2D eigenvalue weighted by atomic mass is 16.7. The van der Waals surface area contributed by atoms with Crippen molar-refractivity contribution in [1.82, 2.24) is 21.4 Å². The Labute approximate surface area is 95.4 Å². The number of hydrogen-bond acceptors (Lipinski definition) is 5. The Balaban J connectivity index is 2.08. The summed E-state index contributed by atoms with van der Waals surface area (Å²) in [7, 11) is 0. The SMILES string of the molecule is O=C(ON1C(=O)NNNC1=O)c1ccccc1. The lowest BCUT2D eigenvalue weighted by Crippen LogP contribution is -2.64. The summed E-state index contributed by atoms with van der Waals surface area (Å²) in [5, 5.41) is 0.284. The molecule has 1 heterocycles. The lowest BCUT2D eigenvalue weighted by molar-refractivity contribution is -0.0515. The van der Waals surface area contributed by atoms with Crippen molar-refractivity contribution in [2.24, 2.45) is 0 Å². The number of carbonyl (C=O) groups excluding carboxylic acids is 3. The maximum Gasteiger partial charge on any atom is 0.375 e. The van der Waals surface area contributed by atoms with Gasteiger partial charge >= 0.3 is 18.0 Å². The summed E-state index contributed by atoms with van der Waals surface area (Å²) in [4.78, 5) is 38.6. The minimum Gasteiger partial charge on any atom is -0.322 e. The standard InChI is InChI=1S/C9H8N4O4/c14-7(6-4-2-1-3-5-6)17-13-8(15)10-12-11-9(13)16/h1-5,12H,(H,10,15)(H,11,16). The van der Waals surface area contributed by atoms with Crippen molar-refractivity contribution < 1.29 is 19.2 Å². The fraction of sp³-hybridized carbons (Fsp3) is 0. The average molecular weight is 236 g/mol. The van der Waals surface area contributed by atoms with Crippen LogP contribution in [-0.4, -0.2) is 23.1 Å². The van der Waals surface area contributed by atoms with Crippen molar-refractivity contribution in [2.45, 2.75) is 0 Å². The van der Waals surface area contributed by atoms with E-state index in [0.717, 1.165) is 0 Å². The number of imide groups is 1. The molecule has 2 rings (SSSR count). The number of urea groups is 2. The van der Waals surface area contributed by atoms with Crippen molar-refractivity contribution in [3.05, 3.63) is 35.9 Å². The topological polar surface area (TPSA) is 99.8 Å². The number of hydroxylamine groups is 2. The lowest BCUT2D eigenvalue weighted by Gasteiger charge is -2.24. The quantitative estimate of drug-likeness (QED) is 0.666. The van der Waals surface area contributed by atoms with Crippen molar-refractivity contribution >= 4 is 18.0 Å². The van der Waals surface area contributed by atoms with Gasteiger partial charge in [-0.1, -0.05) is 23.3 Å². The van der Waals surface area contributed by atoms with Gasteiger partial charge in [0.05, 0.1) is 5.56 Å². The first-order valence-corrected chi connectivity index (χ1v) is 4.61. The minimum atomic E-state index is -0.891. The van der Waals surface area contributed by atoms with Crippen LogP contribution < -0.4 is 16.4 Å². The molecule has 1 aromatic carbocycles. The molecule has 0 saturated carbocycles. The molecule has 0 unspecified atom stereocenters. The number of benzene rings is 1. The van der Waals surface area contributed by atoms with Crippen LogP contribution in [0.3, 0.4) is 0 Å². The Kier molecular flexibility index (Phi) is 2.88. The number of rotatable bonds is 2. The third-order valence-corrected chi connectivity index (χ3v) is 1.89. The van der Waals surface area contributed by atoms with E-state index in [4.69, 9.17) is 0 Å². The molecule has 8 heteroatoms. The minimum absolute atomic E-state index is 0.228. The van der Waals surface area contributed by atoms with Crippen LogP contribution in [-0.2, 0) is 4.84 Å². The second-order valence-electron chi connectivity index (χ2n) is 3.02. The largest absolute Gasteiger partial charge is 0.375 e. The molecule has 4 amide bonds. The molecule has 1 aromatic rings. The highest BCUT2D eigenvalue weighted by molar-refractivity contribution is 5.97. The third-order valence-electron chi connectivity index (χ3n) is 1.89. The van der Waals surface area contributed by atoms with E-state index < -0.39 is 18.0 Å². The molecule has 0 spiro atoms. The number of hydrazine groups is 2. The molecule has 1 aliphatic heterocycles. The van der Waals surface area contributed by atoms with E-state index in [1.807, 2.05) is 10.9 Å². The Hall–Kier alpha value is -2.61. The van der Waals surface area contributed by atoms with Gasteiger partial charge in [0.1, 0.15) is 0 Å². The number of amides is 4. The van der Waals surface area contributed by atoms with Crippen molar-refractivity contribution in [1.29, 1.82) is 0 Å². The van der Waals surface area contributed by atoms with Crippen LogP contribution >= 0.6 is 0 Å². The first-order valence-electron chi connectivity index (χ1n) is 4.61. The first kappa shape index (κ1) is 10.9. The van der Waals surface area contributed by atoms with Crippen molar-refractivity contribution in [2.75, 3.05) is 0 Å². The zero-order chi connectivity index (χ0) is 12.3. The maximum absolute atomic E-state index is 11.6. The van der Waals surface area contributed by atoms with E-state index >= 15 is 0 Å². The van der Waals surface area contributed by atoms with E-state index in [0.29, 0.717) is 0 Å². The molecule has 1 saturated heterocycles. The number of nitrogens with one attached hydrogen (secondary N) is 3. The van der Waals surface area contributed by atoms with E-state index in [2.05, 4.69) is 10.4 Å². The van der Waals surface area contributed by atoms with Gasteiger partial charge < -0.3 is 4.84 Å². The molecule has 17 heavy (non-hydrogen) atoms. The Morgan fingerprint density at radius 3 is 2.24 bits per heavy atom. The van der Waals surface area contributed by atoms with Crippen LogP contribution in [0.4, 0.5) is 9.59 Å². The fourth-order valence-electron chi connectivity index (χ4n) is 1.12. The molecule has 0 radical (unpaired) electrons. The molecular formula is C9H8N4O4. The molecule has 0 atom stereocenters. The predicted molar refractivity (Wildman–Crippen MR) is 53.9 cm³/mol. The van der Waals surface area contributed by atoms with Gasteiger partial charge in [-0.3, -0.25) is 10.9 Å². The van der Waals surface area contributed by atoms with Crippen LogP contribution in [0.25, 0.3) is 0 Å². The van der Waals surface area contributed by atoms with Crippen molar-refractivity contribution in [3.63, 3.8) is 0 Å². The smallest absolute Gasteiger partial charge is 0.322 e. The number of hydrogen-bond donors (Lipinski definition) is 3. The summed E-state index contributed by atoms with van der Waals surface area (Å²) < 4.78 is 0. The van der Waals surface area contributed by atoms with Gasteiger partial charge in [0.25, 0.3) is 0 Å². The Bertz CT molecular complexity index is 445. The normalized spacial score (nSPS) is 14.9. The maximum atomic E-state index is 11.6. The summed E-state index contributed by atoms with van der Waals surface area (Å²) in [6.45, 7) is 0. The highest BCUT2D eigenvalue weighted by Crippen LogP contribution is 2.04. The molecule has 88 valence electrons. The van der Waals surface area contributed by atoms with Gasteiger partial charge in [-0.15, -0.1) is 5.53 Å². The zero-order valence-corrected chi connectivity index (χ0v) is 8.47. The molecule has 1 fully saturated rings. The Morgan fingerprint density at radius 2 is 1.65 bits per heavy atom.